The van der Waals surface area contributed by atoms with E-state index in [1.54, 1.807) is 6.92 Å². The van der Waals surface area contributed by atoms with Crippen LogP contribution in [-0.2, 0) is 0 Å². The number of halogens is 2. The van der Waals surface area contributed by atoms with Crippen molar-refractivity contribution in [3.63, 3.8) is 0 Å². The molecule has 0 aliphatic heterocycles. The van der Waals surface area contributed by atoms with Crippen molar-refractivity contribution >= 4 is 0 Å². The molecular weight excluding hydrogens is 490 g/mol. The smallest absolute Gasteiger partial charge is 0.204 e. The fraction of sp³-hybridized carbons (Fsp3) is 0.771. The molecule has 4 heteroatoms. The van der Waals surface area contributed by atoms with Crippen molar-refractivity contribution < 1.29 is 18.3 Å². The van der Waals surface area contributed by atoms with Crippen molar-refractivity contribution in [2.45, 2.75) is 110 Å². The van der Waals surface area contributed by atoms with Gasteiger partial charge in [-0.25, -0.2) is 0 Å². The Kier molecular flexibility index (Phi) is 10.3. The average molecular weight is 543 g/mol. The Balaban J connectivity index is 1.01. The van der Waals surface area contributed by atoms with Crippen molar-refractivity contribution in [3.8, 4) is 11.5 Å². The van der Waals surface area contributed by atoms with Crippen molar-refractivity contribution in [3.05, 3.63) is 36.4 Å². The van der Waals surface area contributed by atoms with E-state index in [4.69, 9.17) is 9.47 Å². The lowest BCUT2D eigenvalue weighted by Crippen LogP contribution is -2.35. The van der Waals surface area contributed by atoms with Crippen LogP contribution in [0.15, 0.2) is 24.8 Å². The zero-order valence-corrected chi connectivity index (χ0v) is 24.4. The zero-order chi connectivity index (χ0) is 27.2. The summed E-state index contributed by atoms with van der Waals surface area (Å²) in [5, 5.41) is 0. The van der Waals surface area contributed by atoms with E-state index >= 15 is 0 Å². The molecule has 218 valence electrons. The number of ether oxygens (including phenoxy) is 2. The predicted molar refractivity (Wildman–Crippen MR) is 155 cm³/mol. The second kappa shape index (κ2) is 13.9. The van der Waals surface area contributed by atoms with Gasteiger partial charge in [0.25, 0.3) is 0 Å². The number of allylic oxidation sites excluding steroid dienone is 1. The molecule has 4 fully saturated rings. The maximum absolute atomic E-state index is 14.4. The molecule has 0 amide bonds. The summed E-state index contributed by atoms with van der Waals surface area (Å²) in [6.45, 7) is 6.46. The minimum atomic E-state index is -0.951. The number of hydrogen-bond donors (Lipinski definition) is 0. The van der Waals surface area contributed by atoms with Crippen molar-refractivity contribution in [1.82, 2.24) is 0 Å². The minimum absolute atomic E-state index is 0.00571. The van der Waals surface area contributed by atoms with Crippen LogP contribution in [0.4, 0.5) is 8.78 Å². The molecule has 0 aromatic heterocycles. The molecule has 0 saturated heterocycles. The standard InChI is InChI=1S/C35H52F2O2/c1-3-5-6-24-7-12-31-22-30(18-17-29(31)21-24)28-15-13-27(14-16-28)26-10-8-25(9-11-26)23-39-33-20-19-32(38-4-2)34(36)35(33)37/h3,19-20,24-31H,1,4-18,21-23H2,2H3. The van der Waals surface area contributed by atoms with Gasteiger partial charge in [0, 0.05) is 0 Å². The normalized spacial score (nSPS) is 35.2. The van der Waals surface area contributed by atoms with Gasteiger partial charge in [-0.05, 0) is 163 Å². The van der Waals surface area contributed by atoms with Gasteiger partial charge >= 0.3 is 0 Å². The minimum Gasteiger partial charge on any atom is -0.491 e. The molecule has 4 atom stereocenters. The Labute approximate surface area is 236 Å². The van der Waals surface area contributed by atoms with Gasteiger partial charge in [-0.2, -0.15) is 8.78 Å². The van der Waals surface area contributed by atoms with Crippen LogP contribution in [0, 0.1) is 59.0 Å². The summed E-state index contributed by atoms with van der Waals surface area (Å²) < 4.78 is 39.4. The molecular formula is C35H52F2O2. The SMILES string of the molecule is C=CCCC1CCC2CC(C3CCC(C4CCC(COc5ccc(OCC)c(F)c5F)CC4)CC3)CCC2C1. The lowest BCUT2D eigenvalue weighted by molar-refractivity contribution is 0.0491. The lowest BCUT2D eigenvalue weighted by atomic mass is 9.60. The second-order valence-electron chi connectivity index (χ2n) is 13.5. The van der Waals surface area contributed by atoms with Gasteiger partial charge in [-0.1, -0.05) is 12.5 Å². The molecule has 0 radical (unpaired) electrons. The van der Waals surface area contributed by atoms with Crippen LogP contribution in [0.25, 0.3) is 0 Å². The summed E-state index contributed by atoms with van der Waals surface area (Å²) in [6.07, 6.45) is 24.3. The second-order valence-corrected chi connectivity index (χ2v) is 13.5. The van der Waals surface area contributed by atoms with Crippen LogP contribution >= 0.6 is 0 Å². The highest BCUT2D eigenvalue weighted by atomic mass is 19.2. The van der Waals surface area contributed by atoms with Crippen LogP contribution in [0.5, 0.6) is 11.5 Å². The molecule has 4 aliphatic rings. The Morgan fingerprint density at radius 2 is 1.13 bits per heavy atom. The number of hydrogen-bond acceptors (Lipinski definition) is 2. The van der Waals surface area contributed by atoms with Crippen LogP contribution in [0.2, 0.25) is 0 Å². The van der Waals surface area contributed by atoms with Gasteiger partial charge in [0.1, 0.15) is 0 Å². The third-order valence-corrected chi connectivity index (χ3v) is 11.4. The van der Waals surface area contributed by atoms with E-state index < -0.39 is 11.6 Å². The lowest BCUT2D eigenvalue weighted by Gasteiger charge is -2.46. The zero-order valence-electron chi connectivity index (χ0n) is 24.4. The molecule has 4 saturated carbocycles. The molecule has 2 nitrogen and oxygen atoms in total. The predicted octanol–water partition coefficient (Wildman–Crippen LogP) is 10.2. The van der Waals surface area contributed by atoms with Crippen molar-refractivity contribution in [1.29, 1.82) is 0 Å². The summed E-state index contributed by atoms with van der Waals surface area (Å²) in [7, 11) is 0. The topological polar surface area (TPSA) is 18.5 Å². The summed E-state index contributed by atoms with van der Waals surface area (Å²) in [6, 6.07) is 2.96. The molecule has 39 heavy (non-hydrogen) atoms. The summed E-state index contributed by atoms with van der Waals surface area (Å²) in [4.78, 5) is 0. The molecule has 0 spiro atoms. The van der Waals surface area contributed by atoms with Gasteiger partial charge in [-0.3, -0.25) is 0 Å². The summed E-state index contributed by atoms with van der Waals surface area (Å²) in [5.74, 6) is 5.25. The largest absolute Gasteiger partial charge is 0.491 e. The first-order chi connectivity index (χ1) is 19.1. The Hall–Kier alpha value is -1.58. The van der Waals surface area contributed by atoms with Crippen molar-refractivity contribution in [2.24, 2.45) is 47.3 Å². The molecule has 4 unspecified atom stereocenters. The van der Waals surface area contributed by atoms with Gasteiger partial charge < -0.3 is 9.47 Å². The van der Waals surface area contributed by atoms with Gasteiger partial charge in [0.15, 0.2) is 11.5 Å². The number of rotatable bonds is 10. The van der Waals surface area contributed by atoms with E-state index in [0.717, 1.165) is 54.3 Å². The molecule has 0 N–H and O–H groups in total. The average Bonchev–Trinajstić information content (AvgIpc) is 2.98. The first-order valence-electron chi connectivity index (χ1n) is 16.4. The molecule has 1 aromatic carbocycles. The first kappa shape index (κ1) is 28.9. The summed E-state index contributed by atoms with van der Waals surface area (Å²) >= 11 is 0. The number of benzene rings is 1. The van der Waals surface area contributed by atoms with E-state index in [9.17, 15) is 8.78 Å². The van der Waals surface area contributed by atoms with Crippen LogP contribution in [0.3, 0.4) is 0 Å². The van der Waals surface area contributed by atoms with E-state index in [1.807, 2.05) is 0 Å². The van der Waals surface area contributed by atoms with E-state index in [-0.39, 0.29) is 11.5 Å². The van der Waals surface area contributed by atoms with E-state index in [2.05, 4.69) is 12.7 Å². The highest BCUT2D eigenvalue weighted by Gasteiger charge is 2.39. The third-order valence-electron chi connectivity index (χ3n) is 11.4. The molecule has 1 aromatic rings. The van der Waals surface area contributed by atoms with Crippen LogP contribution in [0.1, 0.15) is 110 Å². The van der Waals surface area contributed by atoms with Crippen LogP contribution < -0.4 is 9.47 Å². The quantitative estimate of drug-likeness (QED) is 0.274. The Morgan fingerprint density at radius 1 is 0.667 bits per heavy atom. The van der Waals surface area contributed by atoms with Crippen molar-refractivity contribution in [2.75, 3.05) is 13.2 Å². The third kappa shape index (κ3) is 7.20. The van der Waals surface area contributed by atoms with E-state index in [1.165, 1.54) is 102 Å². The number of fused-ring (bicyclic) bond motifs is 1. The monoisotopic (exact) mass is 542 g/mol. The van der Waals surface area contributed by atoms with Gasteiger partial charge in [0.2, 0.25) is 11.6 Å². The molecule has 0 bridgehead atoms. The fourth-order valence-electron chi connectivity index (χ4n) is 9.08. The van der Waals surface area contributed by atoms with Gasteiger partial charge in [-0.15, -0.1) is 6.58 Å². The molecule has 4 aliphatic carbocycles. The first-order valence-corrected chi connectivity index (χ1v) is 16.4. The highest BCUT2D eigenvalue weighted by molar-refractivity contribution is 5.35. The summed E-state index contributed by atoms with van der Waals surface area (Å²) in [5.41, 5.74) is 0. The Bertz CT molecular complexity index is 915. The van der Waals surface area contributed by atoms with Gasteiger partial charge in [0.05, 0.1) is 13.2 Å². The molecule has 0 heterocycles. The Morgan fingerprint density at radius 3 is 1.74 bits per heavy atom. The maximum Gasteiger partial charge on any atom is 0.204 e. The maximum atomic E-state index is 14.4. The highest BCUT2D eigenvalue weighted by Crippen LogP contribution is 2.51. The molecule has 5 rings (SSSR count). The van der Waals surface area contributed by atoms with Crippen LogP contribution in [-0.4, -0.2) is 13.2 Å². The van der Waals surface area contributed by atoms with E-state index in [0.29, 0.717) is 19.1 Å². The fourth-order valence-corrected chi connectivity index (χ4v) is 9.08.